The maximum atomic E-state index is 6.16. The zero-order valence-corrected chi connectivity index (χ0v) is 15.1. The number of aromatic nitrogens is 3. The van der Waals surface area contributed by atoms with E-state index < -0.39 is 0 Å². The minimum atomic E-state index is 0.539. The van der Waals surface area contributed by atoms with Crippen LogP contribution in [0, 0.1) is 6.92 Å². The zero-order valence-electron chi connectivity index (χ0n) is 13.5. The van der Waals surface area contributed by atoms with Crippen molar-refractivity contribution in [3.8, 4) is 10.8 Å². The number of hydrogen-bond donors (Lipinski definition) is 1. The molecule has 0 saturated carbocycles. The van der Waals surface area contributed by atoms with Gasteiger partial charge in [-0.3, -0.25) is 4.90 Å². The minimum absolute atomic E-state index is 0.539. The van der Waals surface area contributed by atoms with Crippen molar-refractivity contribution in [1.82, 2.24) is 19.9 Å². The van der Waals surface area contributed by atoms with Gasteiger partial charge in [0.2, 0.25) is 0 Å². The lowest BCUT2D eigenvalue weighted by atomic mass is 10.2. The van der Waals surface area contributed by atoms with Crippen molar-refractivity contribution in [2.24, 2.45) is 0 Å². The third-order valence-electron chi connectivity index (χ3n) is 4.06. The molecular weight excluding hydrogens is 342 g/mol. The van der Waals surface area contributed by atoms with Gasteiger partial charge in [-0.15, -0.1) is 22.7 Å². The molecule has 1 aliphatic heterocycles. The first-order chi connectivity index (χ1) is 11.7. The third kappa shape index (κ3) is 3.27. The van der Waals surface area contributed by atoms with E-state index in [-0.39, 0.29) is 0 Å². The summed E-state index contributed by atoms with van der Waals surface area (Å²) in [6.07, 6.45) is 1.01. The molecule has 3 aromatic heterocycles. The highest BCUT2D eigenvalue weighted by Crippen LogP contribution is 2.31. The summed E-state index contributed by atoms with van der Waals surface area (Å²) >= 11 is 3.25. The van der Waals surface area contributed by atoms with E-state index in [4.69, 9.17) is 10.5 Å². The number of rotatable bonds is 4. The molecule has 3 aromatic rings. The van der Waals surface area contributed by atoms with Crippen molar-refractivity contribution in [2.75, 3.05) is 38.6 Å². The first kappa shape index (κ1) is 15.9. The number of nitrogen functional groups attached to an aromatic ring is 1. The van der Waals surface area contributed by atoms with Crippen LogP contribution in [0.5, 0.6) is 0 Å². The Hall–Kier alpha value is -1.61. The predicted molar refractivity (Wildman–Crippen MR) is 98.6 cm³/mol. The number of ether oxygens (including phenoxy) is 1. The Balaban J connectivity index is 1.56. The van der Waals surface area contributed by atoms with Crippen molar-refractivity contribution < 1.29 is 4.74 Å². The van der Waals surface area contributed by atoms with E-state index >= 15 is 0 Å². The second kappa shape index (κ2) is 6.72. The smallest absolute Gasteiger partial charge is 0.192 e. The van der Waals surface area contributed by atoms with Gasteiger partial charge in [0.05, 0.1) is 18.6 Å². The molecule has 0 amide bonds. The van der Waals surface area contributed by atoms with E-state index in [1.807, 2.05) is 12.3 Å². The van der Waals surface area contributed by atoms with Crippen LogP contribution >= 0.6 is 22.7 Å². The van der Waals surface area contributed by atoms with Gasteiger partial charge in [-0.1, -0.05) is 0 Å². The molecule has 2 N–H and O–H groups in total. The lowest BCUT2D eigenvalue weighted by molar-refractivity contribution is 0.0385. The van der Waals surface area contributed by atoms with Crippen LogP contribution in [0.2, 0.25) is 0 Å². The van der Waals surface area contributed by atoms with E-state index in [1.165, 1.54) is 4.88 Å². The van der Waals surface area contributed by atoms with Gasteiger partial charge in [0.25, 0.3) is 0 Å². The van der Waals surface area contributed by atoms with Crippen LogP contribution in [0.25, 0.3) is 21.0 Å². The van der Waals surface area contributed by atoms with Gasteiger partial charge in [-0.25, -0.2) is 15.0 Å². The van der Waals surface area contributed by atoms with Crippen LogP contribution in [0.15, 0.2) is 11.4 Å². The normalized spacial score (nSPS) is 16.0. The van der Waals surface area contributed by atoms with Crippen molar-refractivity contribution in [3.05, 3.63) is 22.0 Å². The lowest BCUT2D eigenvalue weighted by Crippen LogP contribution is -2.37. The molecule has 0 unspecified atom stereocenters. The van der Waals surface area contributed by atoms with Gasteiger partial charge < -0.3 is 10.5 Å². The molecule has 126 valence electrons. The van der Waals surface area contributed by atoms with Crippen molar-refractivity contribution in [1.29, 1.82) is 0 Å². The summed E-state index contributed by atoms with van der Waals surface area (Å²) in [6, 6.07) is 2.13. The van der Waals surface area contributed by atoms with E-state index in [2.05, 4.69) is 25.9 Å². The van der Waals surface area contributed by atoms with Gasteiger partial charge in [-0.05, 0) is 19.4 Å². The van der Waals surface area contributed by atoms with Gasteiger partial charge in [0.1, 0.15) is 10.6 Å². The lowest BCUT2D eigenvalue weighted by Gasteiger charge is -2.26. The number of thiazole rings is 1. The fourth-order valence-electron chi connectivity index (χ4n) is 2.76. The number of anilines is 1. The Morgan fingerprint density at radius 1 is 1.25 bits per heavy atom. The standard InChI is InChI=1S/C16H19N5OS2/c1-10-9-23-16(18-10)14-19-13(17)12-8-11(24-15(12)20-14)2-3-21-4-6-22-7-5-21/h8-9H,2-7H2,1H3,(H2,17,19,20). The zero-order chi connectivity index (χ0) is 16.5. The SMILES string of the molecule is Cc1csc(-c2nc(N)c3cc(CCN4CCOCC4)sc3n2)n1. The Morgan fingerprint density at radius 3 is 2.83 bits per heavy atom. The van der Waals surface area contributed by atoms with E-state index in [0.29, 0.717) is 11.6 Å². The summed E-state index contributed by atoms with van der Waals surface area (Å²) < 4.78 is 5.39. The molecule has 0 spiro atoms. The van der Waals surface area contributed by atoms with E-state index in [9.17, 15) is 0 Å². The Labute approximate surface area is 148 Å². The van der Waals surface area contributed by atoms with Crippen LogP contribution < -0.4 is 5.73 Å². The Bertz CT molecular complexity index is 853. The quantitative estimate of drug-likeness (QED) is 0.770. The molecule has 0 bridgehead atoms. The number of fused-ring (bicyclic) bond motifs is 1. The Kier molecular flexibility index (Phi) is 4.45. The molecule has 6 nitrogen and oxygen atoms in total. The van der Waals surface area contributed by atoms with Gasteiger partial charge in [0.15, 0.2) is 10.8 Å². The van der Waals surface area contributed by atoms with E-state index in [1.54, 1.807) is 22.7 Å². The molecule has 4 heterocycles. The average molecular weight is 361 g/mol. The van der Waals surface area contributed by atoms with Crippen LogP contribution in [0.3, 0.4) is 0 Å². The molecule has 4 rings (SSSR count). The summed E-state index contributed by atoms with van der Waals surface area (Å²) in [5, 5.41) is 3.78. The highest BCUT2D eigenvalue weighted by molar-refractivity contribution is 7.18. The van der Waals surface area contributed by atoms with Gasteiger partial charge in [0, 0.05) is 35.6 Å². The highest BCUT2D eigenvalue weighted by atomic mass is 32.1. The van der Waals surface area contributed by atoms with Crippen LogP contribution in [-0.2, 0) is 11.2 Å². The summed E-state index contributed by atoms with van der Waals surface area (Å²) in [6.45, 7) is 6.71. The number of aryl methyl sites for hydroxylation is 1. The molecule has 0 aromatic carbocycles. The maximum absolute atomic E-state index is 6.16. The van der Waals surface area contributed by atoms with E-state index in [0.717, 1.165) is 60.2 Å². The second-order valence-corrected chi connectivity index (χ2v) is 7.84. The highest BCUT2D eigenvalue weighted by Gasteiger charge is 2.15. The van der Waals surface area contributed by atoms with Gasteiger partial charge >= 0.3 is 0 Å². The topological polar surface area (TPSA) is 77.2 Å². The molecule has 8 heteroatoms. The van der Waals surface area contributed by atoms with Crippen LogP contribution in [-0.4, -0.2) is 52.7 Å². The molecule has 0 atom stereocenters. The number of nitrogens with zero attached hydrogens (tertiary/aromatic N) is 4. The third-order valence-corrected chi connectivity index (χ3v) is 6.11. The van der Waals surface area contributed by atoms with Crippen molar-refractivity contribution in [3.63, 3.8) is 0 Å². The summed E-state index contributed by atoms with van der Waals surface area (Å²) in [5.74, 6) is 1.16. The number of nitrogens with two attached hydrogens (primary N) is 1. The average Bonchev–Trinajstić information content (AvgIpc) is 3.20. The van der Waals surface area contributed by atoms with Crippen molar-refractivity contribution >= 4 is 38.7 Å². The molecule has 1 aliphatic rings. The first-order valence-electron chi connectivity index (χ1n) is 7.97. The largest absolute Gasteiger partial charge is 0.383 e. The summed E-state index contributed by atoms with van der Waals surface area (Å²) in [4.78, 5) is 18.3. The second-order valence-electron chi connectivity index (χ2n) is 5.86. The van der Waals surface area contributed by atoms with Crippen LogP contribution in [0.1, 0.15) is 10.6 Å². The number of thiophene rings is 1. The van der Waals surface area contributed by atoms with Crippen LogP contribution in [0.4, 0.5) is 5.82 Å². The fraction of sp³-hybridized carbons (Fsp3) is 0.438. The molecule has 24 heavy (non-hydrogen) atoms. The number of morpholine rings is 1. The Morgan fingerprint density at radius 2 is 2.08 bits per heavy atom. The predicted octanol–water partition coefficient (Wildman–Crippen LogP) is 2.58. The molecule has 1 saturated heterocycles. The minimum Gasteiger partial charge on any atom is -0.383 e. The van der Waals surface area contributed by atoms with Crippen molar-refractivity contribution in [2.45, 2.75) is 13.3 Å². The van der Waals surface area contributed by atoms with Gasteiger partial charge in [-0.2, -0.15) is 0 Å². The fourth-order valence-corrected chi connectivity index (χ4v) is 4.51. The molecule has 0 radical (unpaired) electrons. The number of hydrogen-bond acceptors (Lipinski definition) is 8. The first-order valence-corrected chi connectivity index (χ1v) is 9.67. The summed E-state index contributed by atoms with van der Waals surface area (Å²) in [5.41, 5.74) is 7.14. The molecule has 0 aliphatic carbocycles. The summed E-state index contributed by atoms with van der Waals surface area (Å²) in [7, 11) is 0. The monoisotopic (exact) mass is 361 g/mol. The molecular formula is C16H19N5OS2. The molecule has 1 fully saturated rings. The maximum Gasteiger partial charge on any atom is 0.192 e.